The van der Waals surface area contributed by atoms with E-state index in [2.05, 4.69) is 9.71 Å². The highest BCUT2D eigenvalue weighted by molar-refractivity contribution is 7.93. The van der Waals surface area contributed by atoms with Gasteiger partial charge in [-0.1, -0.05) is 11.6 Å². The normalized spacial score (nSPS) is 11.4. The molecule has 0 atom stereocenters. The van der Waals surface area contributed by atoms with Crippen LogP contribution in [0.2, 0.25) is 5.02 Å². The Bertz CT molecular complexity index is 1140. The summed E-state index contributed by atoms with van der Waals surface area (Å²) in [5, 5.41) is 11.4. The van der Waals surface area contributed by atoms with Gasteiger partial charge in [-0.15, -0.1) is 0 Å². The van der Waals surface area contributed by atoms with Crippen LogP contribution in [-0.2, 0) is 10.0 Å². The molecular formula is C16H14ClN3O6S. The van der Waals surface area contributed by atoms with Crippen LogP contribution >= 0.6 is 11.6 Å². The van der Waals surface area contributed by atoms with E-state index in [0.717, 1.165) is 0 Å². The molecule has 3 rings (SSSR count). The molecule has 0 fully saturated rings. The largest absolute Gasteiger partial charge is 0.495 e. The predicted octanol–water partition coefficient (Wildman–Crippen LogP) is 3.55. The van der Waals surface area contributed by atoms with Crippen LogP contribution in [0.15, 0.2) is 41.4 Å². The Morgan fingerprint density at radius 3 is 2.48 bits per heavy atom. The minimum absolute atomic E-state index is 0.100. The standard InChI is InChI=1S/C16H14ClN3O6S/c1-25-14-7-15(26-2)13(6-11(14)17)19-27(23,24)16-8-18-12-4-3-9(20(21)22)5-10(12)16/h3-8,18-19H,1-2H3. The van der Waals surface area contributed by atoms with Crippen LogP contribution in [0.3, 0.4) is 0 Å². The van der Waals surface area contributed by atoms with Gasteiger partial charge in [-0.2, -0.15) is 0 Å². The summed E-state index contributed by atoms with van der Waals surface area (Å²) < 4.78 is 38.4. The number of rotatable bonds is 6. The van der Waals surface area contributed by atoms with Gasteiger partial charge in [0.05, 0.1) is 29.9 Å². The lowest BCUT2D eigenvalue weighted by Crippen LogP contribution is -2.13. The number of halogens is 1. The van der Waals surface area contributed by atoms with E-state index in [0.29, 0.717) is 11.3 Å². The maximum absolute atomic E-state index is 12.9. The smallest absolute Gasteiger partial charge is 0.270 e. The number of benzene rings is 2. The first-order valence-corrected chi connectivity index (χ1v) is 9.33. The molecule has 0 amide bonds. The molecule has 9 nitrogen and oxygen atoms in total. The van der Waals surface area contributed by atoms with E-state index in [1.54, 1.807) is 0 Å². The molecule has 0 aliphatic heterocycles. The molecule has 3 aromatic rings. The quantitative estimate of drug-likeness (QED) is 0.472. The van der Waals surface area contributed by atoms with Gasteiger partial charge in [0.25, 0.3) is 15.7 Å². The van der Waals surface area contributed by atoms with Crippen molar-refractivity contribution in [3.05, 3.63) is 51.7 Å². The number of nitro benzene ring substituents is 1. The van der Waals surface area contributed by atoms with Gasteiger partial charge in [0.2, 0.25) is 0 Å². The molecule has 1 aromatic heterocycles. The third kappa shape index (κ3) is 3.49. The maximum Gasteiger partial charge on any atom is 0.270 e. The number of non-ortho nitro benzene ring substituents is 1. The second kappa shape index (κ2) is 6.97. The molecule has 0 bridgehead atoms. The number of fused-ring (bicyclic) bond motifs is 1. The Hall–Kier alpha value is -2.98. The van der Waals surface area contributed by atoms with Gasteiger partial charge < -0.3 is 14.5 Å². The summed E-state index contributed by atoms with van der Waals surface area (Å²) >= 11 is 6.07. The first-order valence-electron chi connectivity index (χ1n) is 7.46. The van der Waals surface area contributed by atoms with Gasteiger partial charge in [0.1, 0.15) is 16.4 Å². The molecule has 0 spiro atoms. The molecule has 27 heavy (non-hydrogen) atoms. The van der Waals surface area contributed by atoms with Crippen molar-refractivity contribution in [2.45, 2.75) is 4.90 Å². The number of anilines is 1. The highest BCUT2D eigenvalue weighted by atomic mass is 35.5. The van der Waals surface area contributed by atoms with Crippen LogP contribution in [0.4, 0.5) is 11.4 Å². The summed E-state index contributed by atoms with van der Waals surface area (Å²) in [6, 6.07) is 6.72. The predicted molar refractivity (Wildman–Crippen MR) is 100 cm³/mol. The Kier molecular flexibility index (Phi) is 4.85. The Morgan fingerprint density at radius 2 is 1.85 bits per heavy atom. The Labute approximate surface area is 159 Å². The highest BCUT2D eigenvalue weighted by Crippen LogP contribution is 2.37. The number of hydrogen-bond acceptors (Lipinski definition) is 6. The van der Waals surface area contributed by atoms with Crippen molar-refractivity contribution in [3.63, 3.8) is 0 Å². The summed E-state index contributed by atoms with van der Waals surface area (Å²) in [6.07, 6.45) is 1.26. The topological polar surface area (TPSA) is 124 Å². The number of nitro groups is 1. The first kappa shape index (κ1) is 18.8. The number of ether oxygens (including phenoxy) is 2. The van der Waals surface area contributed by atoms with E-state index in [9.17, 15) is 18.5 Å². The van der Waals surface area contributed by atoms with Crippen molar-refractivity contribution in [2.24, 2.45) is 0 Å². The van der Waals surface area contributed by atoms with Gasteiger partial charge >= 0.3 is 0 Å². The molecule has 142 valence electrons. The van der Waals surface area contributed by atoms with Crippen molar-refractivity contribution in [3.8, 4) is 11.5 Å². The third-order valence-electron chi connectivity index (χ3n) is 3.85. The SMILES string of the molecule is COc1cc(OC)c(NS(=O)(=O)c2c[nH]c3ccc([N+](=O)[O-])cc23)cc1Cl. The molecule has 0 aliphatic carbocycles. The minimum Gasteiger partial charge on any atom is -0.495 e. The summed E-state index contributed by atoms with van der Waals surface area (Å²) in [7, 11) is -1.30. The van der Waals surface area contributed by atoms with Crippen molar-refractivity contribution >= 4 is 43.9 Å². The Morgan fingerprint density at radius 1 is 1.15 bits per heavy atom. The van der Waals surface area contributed by atoms with E-state index in [1.165, 1.54) is 50.7 Å². The molecule has 0 aliphatic rings. The molecule has 0 unspecified atom stereocenters. The van der Waals surface area contributed by atoms with Crippen molar-refractivity contribution in [2.75, 3.05) is 18.9 Å². The van der Waals surface area contributed by atoms with E-state index in [1.807, 2.05) is 0 Å². The lowest BCUT2D eigenvalue weighted by Gasteiger charge is -2.14. The Balaban J connectivity index is 2.08. The van der Waals surface area contributed by atoms with Crippen LogP contribution in [0.5, 0.6) is 11.5 Å². The lowest BCUT2D eigenvalue weighted by molar-refractivity contribution is -0.384. The van der Waals surface area contributed by atoms with Crippen LogP contribution < -0.4 is 14.2 Å². The van der Waals surface area contributed by atoms with E-state index in [-0.39, 0.29) is 32.4 Å². The summed E-state index contributed by atoms with van der Waals surface area (Å²) in [6.45, 7) is 0. The third-order valence-corrected chi connectivity index (χ3v) is 5.55. The van der Waals surface area contributed by atoms with Crippen LogP contribution in [0.25, 0.3) is 10.9 Å². The van der Waals surface area contributed by atoms with Crippen molar-refractivity contribution in [1.82, 2.24) is 4.98 Å². The molecule has 0 saturated heterocycles. The van der Waals surface area contributed by atoms with Crippen molar-refractivity contribution in [1.29, 1.82) is 0 Å². The zero-order chi connectivity index (χ0) is 19.8. The molecular weight excluding hydrogens is 398 g/mol. The van der Waals surface area contributed by atoms with Crippen LogP contribution in [0, 0.1) is 10.1 Å². The maximum atomic E-state index is 12.9. The van der Waals surface area contributed by atoms with Gasteiger partial charge in [-0.3, -0.25) is 14.8 Å². The highest BCUT2D eigenvalue weighted by Gasteiger charge is 2.23. The first-order chi connectivity index (χ1) is 12.8. The molecule has 11 heteroatoms. The number of aromatic amines is 1. The van der Waals surface area contributed by atoms with Gasteiger partial charge in [-0.05, 0) is 12.1 Å². The fraction of sp³-hybridized carbons (Fsp3) is 0.125. The monoisotopic (exact) mass is 411 g/mol. The zero-order valence-corrected chi connectivity index (χ0v) is 15.7. The summed E-state index contributed by atoms with van der Waals surface area (Å²) in [5.41, 5.74) is 0.326. The van der Waals surface area contributed by atoms with Gasteiger partial charge in [-0.25, -0.2) is 8.42 Å². The molecule has 0 saturated carbocycles. The molecule has 2 N–H and O–H groups in total. The van der Waals surface area contributed by atoms with E-state index in [4.69, 9.17) is 21.1 Å². The fourth-order valence-corrected chi connectivity index (χ4v) is 4.03. The average molecular weight is 412 g/mol. The summed E-state index contributed by atoms with van der Waals surface area (Å²) in [5.74, 6) is 0.518. The number of hydrogen-bond donors (Lipinski definition) is 2. The number of nitrogens with zero attached hydrogens (tertiary/aromatic N) is 1. The second-order valence-electron chi connectivity index (χ2n) is 5.43. The number of methoxy groups -OCH3 is 2. The van der Waals surface area contributed by atoms with Gasteiger partial charge in [0, 0.05) is 35.3 Å². The molecule has 2 aromatic carbocycles. The zero-order valence-electron chi connectivity index (χ0n) is 14.1. The summed E-state index contributed by atoms with van der Waals surface area (Å²) in [4.78, 5) is 13.0. The number of sulfonamides is 1. The second-order valence-corrected chi connectivity index (χ2v) is 7.49. The van der Waals surface area contributed by atoms with Crippen LogP contribution in [0.1, 0.15) is 0 Å². The van der Waals surface area contributed by atoms with Crippen LogP contribution in [-0.4, -0.2) is 32.5 Å². The number of nitrogens with one attached hydrogen (secondary N) is 2. The van der Waals surface area contributed by atoms with E-state index >= 15 is 0 Å². The average Bonchev–Trinajstić information content (AvgIpc) is 3.05. The number of aromatic nitrogens is 1. The minimum atomic E-state index is -4.09. The van der Waals surface area contributed by atoms with E-state index < -0.39 is 14.9 Å². The van der Waals surface area contributed by atoms with Gasteiger partial charge in [0.15, 0.2) is 0 Å². The lowest BCUT2D eigenvalue weighted by atomic mass is 10.2. The fourth-order valence-electron chi connectivity index (χ4n) is 2.56. The molecule has 1 heterocycles. The number of H-pyrrole nitrogens is 1. The molecule has 0 radical (unpaired) electrons. The van der Waals surface area contributed by atoms with Crippen molar-refractivity contribution < 1.29 is 22.8 Å².